The van der Waals surface area contributed by atoms with Crippen molar-refractivity contribution in [2.75, 3.05) is 63.6 Å². The third-order valence-corrected chi connectivity index (χ3v) is 8.07. The molecule has 37 heavy (non-hydrogen) atoms. The summed E-state index contributed by atoms with van der Waals surface area (Å²) in [6, 6.07) is 16.9. The Bertz CT molecular complexity index is 1240. The number of benzene rings is 2. The predicted molar refractivity (Wildman–Crippen MR) is 150 cm³/mol. The van der Waals surface area contributed by atoms with Crippen molar-refractivity contribution in [1.82, 2.24) is 14.7 Å². The zero-order valence-electron chi connectivity index (χ0n) is 21.8. The highest BCUT2D eigenvalue weighted by Gasteiger charge is 2.33. The van der Waals surface area contributed by atoms with Crippen LogP contribution in [0.4, 0.5) is 11.4 Å². The molecule has 192 valence electrons. The fourth-order valence-electron chi connectivity index (χ4n) is 5.98. The second kappa shape index (κ2) is 10.1. The van der Waals surface area contributed by atoms with Crippen molar-refractivity contribution in [2.45, 2.75) is 25.0 Å². The molecule has 0 aromatic heterocycles. The molecule has 0 saturated carbocycles. The number of benzodiazepines with no additional fused rings is 1. The van der Waals surface area contributed by atoms with E-state index in [2.05, 4.69) is 75.6 Å². The van der Waals surface area contributed by atoms with Crippen LogP contribution in [0.1, 0.15) is 24.0 Å². The van der Waals surface area contributed by atoms with Gasteiger partial charge in [-0.15, -0.1) is 0 Å². The van der Waals surface area contributed by atoms with Gasteiger partial charge in [-0.25, -0.2) is 4.99 Å². The maximum Gasteiger partial charge on any atom is 0.269 e. The van der Waals surface area contributed by atoms with E-state index < -0.39 is 6.17 Å². The molecule has 0 spiro atoms. The summed E-state index contributed by atoms with van der Waals surface area (Å²) in [5, 5.41) is 3.25. The van der Waals surface area contributed by atoms with Crippen LogP contribution in [0.2, 0.25) is 0 Å². The lowest BCUT2D eigenvalue weighted by molar-refractivity contribution is -0.120. The van der Waals surface area contributed by atoms with Crippen LogP contribution in [-0.2, 0) is 4.79 Å². The highest BCUT2D eigenvalue weighted by molar-refractivity contribution is 6.22. The summed E-state index contributed by atoms with van der Waals surface area (Å²) in [7, 11) is 4.36. The molecule has 4 heterocycles. The normalized spacial score (nSPS) is 24.9. The molecule has 7 heteroatoms. The number of anilines is 2. The van der Waals surface area contributed by atoms with Crippen molar-refractivity contribution in [3.8, 4) is 0 Å². The molecular weight excluding hydrogens is 460 g/mol. The lowest BCUT2D eigenvalue weighted by Crippen LogP contribution is -2.45. The highest BCUT2D eigenvalue weighted by atomic mass is 16.2. The molecule has 7 nitrogen and oxygen atoms in total. The van der Waals surface area contributed by atoms with Crippen molar-refractivity contribution in [1.29, 1.82) is 0 Å². The molecule has 4 aliphatic rings. The fraction of sp³-hybridized carbons (Fsp3) is 0.400. The van der Waals surface area contributed by atoms with E-state index in [0.717, 1.165) is 67.4 Å². The van der Waals surface area contributed by atoms with Gasteiger partial charge in [0, 0.05) is 61.8 Å². The molecule has 4 aliphatic heterocycles. The summed E-state index contributed by atoms with van der Waals surface area (Å²) in [5.41, 5.74) is 6.14. The van der Waals surface area contributed by atoms with Gasteiger partial charge in [-0.05, 0) is 51.2 Å². The zero-order valence-corrected chi connectivity index (χ0v) is 21.8. The second-order valence-electron chi connectivity index (χ2n) is 10.6. The standard InChI is InChI=1S/C30H36N6O/c1-33-17-19-35(20-18-33)26-13-6-12-24-27(26)28(22-9-4-3-5-10-22)32-29(30(37)31-24)36-16-7-11-23(21-36)25-14-8-15-34(25)2/h3-7,9-13,21,25,29H,8,14-20H2,1-2H3,(H,31,37). The Balaban J connectivity index is 1.44. The minimum atomic E-state index is -0.644. The molecule has 2 fully saturated rings. The van der Waals surface area contributed by atoms with Crippen LogP contribution in [-0.4, -0.2) is 91.9 Å². The average molecular weight is 497 g/mol. The number of piperazine rings is 1. The summed E-state index contributed by atoms with van der Waals surface area (Å²) in [6.07, 6.45) is 8.27. The van der Waals surface area contributed by atoms with Crippen LogP contribution >= 0.6 is 0 Å². The number of likely N-dealkylation sites (tertiary alicyclic amines) is 1. The number of hydrogen-bond donors (Lipinski definition) is 1. The van der Waals surface area contributed by atoms with Crippen LogP contribution in [0.3, 0.4) is 0 Å². The van der Waals surface area contributed by atoms with E-state index in [0.29, 0.717) is 12.6 Å². The zero-order chi connectivity index (χ0) is 25.4. The van der Waals surface area contributed by atoms with Gasteiger partial charge in [0.1, 0.15) is 0 Å². The second-order valence-corrected chi connectivity index (χ2v) is 10.6. The topological polar surface area (TPSA) is 54.4 Å². The number of fused-ring (bicyclic) bond motifs is 1. The van der Waals surface area contributed by atoms with Crippen molar-refractivity contribution >= 4 is 23.0 Å². The number of likely N-dealkylation sites (N-methyl/N-ethyl adjacent to an activating group) is 2. The summed E-state index contributed by atoms with van der Waals surface area (Å²) in [5.74, 6) is -0.0895. The van der Waals surface area contributed by atoms with Gasteiger partial charge < -0.3 is 20.0 Å². The van der Waals surface area contributed by atoms with Gasteiger partial charge in [0.2, 0.25) is 6.17 Å². The fourth-order valence-corrected chi connectivity index (χ4v) is 5.98. The van der Waals surface area contributed by atoms with E-state index in [1.807, 2.05) is 30.3 Å². The molecule has 1 N–H and O–H groups in total. The predicted octanol–water partition coefficient (Wildman–Crippen LogP) is 3.40. The molecule has 2 aromatic carbocycles. The Morgan fingerprint density at radius 3 is 2.51 bits per heavy atom. The first kappa shape index (κ1) is 23.9. The Morgan fingerprint density at radius 2 is 1.76 bits per heavy atom. The van der Waals surface area contributed by atoms with Crippen LogP contribution < -0.4 is 10.2 Å². The van der Waals surface area contributed by atoms with E-state index >= 15 is 0 Å². The molecule has 2 unspecified atom stereocenters. The van der Waals surface area contributed by atoms with E-state index in [9.17, 15) is 4.79 Å². The number of aliphatic imine (C=N–C) groups is 1. The van der Waals surface area contributed by atoms with E-state index in [1.54, 1.807) is 0 Å². The smallest absolute Gasteiger partial charge is 0.269 e. The van der Waals surface area contributed by atoms with Gasteiger partial charge >= 0.3 is 0 Å². The Hall–Kier alpha value is -3.42. The largest absolute Gasteiger partial charge is 0.368 e. The van der Waals surface area contributed by atoms with E-state index in [-0.39, 0.29) is 5.91 Å². The molecule has 0 aliphatic carbocycles. The SMILES string of the molecule is CN1CCN(c2cccc3c2C(c2ccccc2)=NC(N2C=C(C4CCCN4C)C=CC2)C(=O)N3)CC1. The summed E-state index contributed by atoms with van der Waals surface area (Å²) < 4.78 is 0. The maximum atomic E-state index is 13.7. The summed E-state index contributed by atoms with van der Waals surface area (Å²) >= 11 is 0. The number of carbonyl (C=O) groups excluding carboxylic acids is 1. The van der Waals surface area contributed by atoms with Gasteiger partial charge in [0.25, 0.3) is 5.91 Å². The first-order chi connectivity index (χ1) is 18.1. The Morgan fingerprint density at radius 1 is 0.946 bits per heavy atom. The quantitative estimate of drug-likeness (QED) is 0.703. The van der Waals surface area contributed by atoms with Gasteiger partial charge in [0.15, 0.2) is 0 Å². The van der Waals surface area contributed by atoms with Gasteiger partial charge in [-0.1, -0.05) is 48.6 Å². The molecule has 6 rings (SSSR count). The lowest BCUT2D eigenvalue weighted by atomic mass is 9.97. The minimum Gasteiger partial charge on any atom is -0.368 e. The van der Waals surface area contributed by atoms with Gasteiger partial charge in [0.05, 0.1) is 11.4 Å². The van der Waals surface area contributed by atoms with Crippen molar-refractivity contribution in [2.24, 2.45) is 4.99 Å². The third kappa shape index (κ3) is 4.69. The average Bonchev–Trinajstić information content (AvgIpc) is 3.29. The number of nitrogens with one attached hydrogen (secondary N) is 1. The molecule has 2 saturated heterocycles. The van der Waals surface area contributed by atoms with Crippen molar-refractivity contribution in [3.05, 3.63) is 83.6 Å². The van der Waals surface area contributed by atoms with Crippen LogP contribution in [0, 0.1) is 0 Å². The van der Waals surface area contributed by atoms with E-state index in [4.69, 9.17) is 4.99 Å². The minimum absolute atomic E-state index is 0.0895. The highest BCUT2D eigenvalue weighted by Crippen LogP contribution is 2.34. The molecule has 1 amide bonds. The number of hydrogen-bond acceptors (Lipinski definition) is 6. The van der Waals surface area contributed by atoms with Crippen LogP contribution in [0.5, 0.6) is 0 Å². The maximum absolute atomic E-state index is 13.7. The Kier molecular flexibility index (Phi) is 6.57. The molecular formula is C30H36N6O. The first-order valence-electron chi connectivity index (χ1n) is 13.4. The molecule has 2 aromatic rings. The first-order valence-corrected chi connectivity index (χ1v) is 13.4. The van der Waals surface area contributed by atoms with Gasteiger partial charge in [-0.2, -0.15) is 0 Å². The number of rotatable bonds is 4. The lowest BCUT2D eigenvalue weighted by Gasteiger charge is -2.35. The summed E-state index contributed by atoms with van der Waals surface area (Å²) in [6.45, 7) is 5.69. The van der Waals surface area contributed by atoms with Gasteiger partial charge in [-0.3, -0.25) is 9.69 Å². The summed E-state index contributed by atoms with van der Waals surface area (Å²) in [4.78, 5) is 28.3. The third-order valence-electron chi connectivity index (χ3n) is 8.07. The number of amides is 1. The number of carbonyl (C=O) groups is 1. The Labute approximate surface area is 219 Å². The van der Waals surface area contributed by atoms with Crippen LogP contribution in [0.15, 0.2) is 77.4 Å². The molecule has 0 radical (unpaired) electrons. The van der Waals surface area contributed by atoms with Crippen molar-refractivity contribution in [3.63, 3.8) is 0 Å². The number of nitrogens with zero attached hydrogens (tertiary/aromatic N) is 5. The van der Waals surface area contributed by atoms with Crippen molar-refractivity contribution < 1.29 is 4.79 Å². The van der Waals surface area contributed by atoms with Crippen LogP contribution in [0.25, 0.3) is 0 Å². The monoisotopic (exact) mass is 496 g/mol. The molecule has 2 atom stereocenters. The van der Waals surface area contributed by atoms with E-state index in [1.165, 1.54) is 12.0 Å². The molecule has 0 bridgehead atoms.